The normalized spacial score (nSPS) is 14.7. The Morgan fingerprint density at radius 3 is 2.69 bits per heavy atom. The number of hydrogen-bond acceptors (Lipinski definition) is 6. The molecule has 1 aliphatic rings. The lowest BCUT2D eigenvalue weighted by Crippen LogP contribution is -2.50. The molecule has 0 bridgehead atoms. The number of nitrogens with zero attached hydrogens (tertiary/aromatic N) is 4. The van der Waals surface area contributed by atoms with Crippen molar-refractivity contribution < 1.29 is 9.84 Å². The molecular weight excluding hydrogens is 330 g/mol. The highest BCUT2D eigenvalue weighted by molar-refractivity contribution is 5.88. The van der Waals surface area contributed by atoms with Gasteiger partial charge in [0, 0.05) is 49.4 Å². The molecule has 0 unspecified atom stereocenters. The van der Waals surface area contributed by atoms with E-state index in [0.717, 1.165) is 35.0 Å². The predicted molar refractivity (Wildman–Crippen MR) is 98.2 cm³/mol. The van der Waals surface area contributed by atoms with Gasteiger partial charge in [-0.25, -0.2) is 9.97 Å². The van der Waals surface area contributed by atoms with Gasteiger partial charge in [0.15, 0.2) is 0 Å². The van der Waals surface area contributed by atoms with E-state index in [1.54, 1.807) is 10.7 Å². The Hall–Kier alpha value is -3.19. The molecule has 0 aliphatic carbocycles. The number of phenolic OH excluding ortho intramolecular Hbond substituents is 1. The molecular formula is C19H17N5O2. The van der Waals surface area contributed by atoms with Crippen LogP contribution in [0.3, 0.4) is 0 Å². The topological polar surface area (TPSA) is 85.1 Å². The van der Waals surface area contributed by atoms with Crippen molar-refractivity contribution >= 4 is 21.9 Å². The van der Waals surface area contributed by atoms with Gasteiger partial charge in [-0.05, 0) is 24.3 Å². The minimum atomic E-state index is 0.161. The van der Waals surface area contributed by atoms with Gasteiger partial charge in [0.1, 0.15) is 11.9 Å². The summed E-state index contributed by atoms with van der Waals surface area (Å²) < 4.78 is 7.52. The molecule has 1 aromatic carbocycles. The lowest BCUT2D eigenvalue weighted by atomic mass is 10.1. The van der Waals surface area contributed by atoms with Crippen LogP contribution in [0.15, 0.2) is 42.6 Å². The lowest BCUT2D eigenvalue weighted by molar-refractivity contribution is 0.136. The van der Waals surface area contributed by atoms with Crippen molar-refractivity contribution in [3.8, 4) is 22.9 Å². The van der Waals surface area contributed by atoms with Gasteiger partial charge in [0.25, 0.3) is 0 Å². The largest absolute Gasteiger partial charge is 0.507 e. The van der Waals surface area contributed by atoms with E-state index < -0.39 is 0 Å². The number of hydrogen-bond donors (Lipinski definition) is 2. The van der Waals surface area contributed by atoms with Crippen LogP contribution in [-0.4, -0.2) is 44.0 Å². The first-order valence-corrected chi connectivity index (χ1v) is 8.48. The Morgan fingerprint density at radius 2 is 1.88 bits per heavy atom. The minimum Gasteiger partial charge on any atom is -0.507 e. The molecule has 0 radical (unpaired) electrons. The summed E-state index contributed by atoms with van der Waals surface area (Å²) in [6, 6.07) is 11.1. The number of aromatic nitrogens is 4. The Kier molecular flexibility index (Phi) is 3.29. The number of aromatic hydroxyl groups is 1. The van der Waals surface area contributed by atoms with Crippen LogP contribution in [0.25, 0.3) is 33.2 Å². The molecule has 26 heavy (non-hydrogen) atoms. The van der Waals surface area contributed by atoms with Gasteiger partial charge < -0.3 is 15.2 Å². The Labute approximate surface area is 149 Å². The van der Waals surface area contributed by atoms with Crippen LogP contribution in [0.2, 0.25) is 0 Å². The monoisotopic (exact) mass is 347 g/mol. The fraction of sp³-hybridized carbons (Fsp3) is 0.211. The van der Waals surface area contributed by atoms with Gasteiger partial charge >= 0.3 is 0 Å². The minimum absolute atomic E-state index is 0.161. The maximum atomic E-state index is 10.4. The number of phenols is 1. The summed E-state index contributed by atoms with van der Waals surface area (Å²) >= 11 is 0. The lowest BCUT2D eigenvalue weighted by Gasteiger charge is -2.27. The molecule has 3 aromatic heterocycles. The molecule has 2 N–H and O–H groups in total. The number of ether oxygens (including phenoxy) is 1. The Bertz CT molecular complexity index is 1130. The first-order valence-electron chi connectivity index (χ1n) is 8.48. The molecule has 0 spiro atoms. The predicted octanol–water partition coefficient (Wildman–Crippen LogP) is 2.24. The zero-order chi connectivity index (χ0) is 17.7. The van der Waals surface area contributed by atoms with E-state index in [1.807, 2.05) is 43.6 Å². The molecule has 4 aromatic rings. The standard InChI is InChI=1S/C19H17N5O2/c1-24-10-11-6-13(18(25)7-17(11)23-24)14-2-3-16-15(21-14)4-5-19(22-16)26-12-8-20-9-12/h2-7,10,12,20,25H,8-9H2,1H3. The molecule has 0 atom stereocenters. The van der Waals surface area contributed by atoms with Gasteiger partial charge in [-0.1, -0.05) is 0 Å². The summed E-state index contributed by atoms with van der Waals surface area (Å²) in [4.78, 5) is 9.18. The van der Waals surface area contributed by atoms with Crippen LogP contribution >= 0.6 is 0 Å². The number of fused-ring (bicyclic) bond motifs is 2. The number of rotatable bonds is 3. The highest BCUT2D eigenvalue weighted by Crippen LogP contribution is 2.32. The van der Waals surface area contributed by atoms with E-state index in [0.29, 0.717) is 17.1 Å². The highest BCUT2D eigenvalue weighted by Gasteiger charge is 2.19. The van der Waals surface area contributed by atoms with Crippen molar-refractivity contribution in [2.24, 2.45) is 7.05 Å². The van der Waals surface area contributed by atoms with Crippen LogP contribution in [0.4, 0.5) is 0 Å². The summed E-state index contributed by atoms with van der Waals surface area (Å²) in [5.74, 6) is 0.770. The molecule has 130 valence electrons. The van der Waals surface area contributed by atoms with Crippen LogP contribution < -0.4 is 10.1 Å². The molecule has 4 heterocycles. The quantitative estimate of drug-likeness (QED) is 0.591. The highest BCUT2D eigenvalue weighted by atomic mass is 16.5. The first-order chi connectivity index (χ1) is 12.7. The third kappa shape index (κ3) is 2.53. The average molecular weight is 347 g/mol. The summed E-state index contributed by atoms with van der Waals surface area (Å²) in [5.41, 5.74) is 3.64. The number of nitrogens with one attached hydrogen (secondary N) is 1. The first kappa shape index (κ1) is 15.1. The third-order valence-corrected chi connectivity index (χ3v) is 4.56. The molecule has 7 nitrogen and oxygen atoms in total. The van der Waals surface area contributed by atoms with Gasteiger partial charge in [-0.3, -0.25) is 4.68 Å². The van der Waals surface area contributed by atoms with Crippen LogP contribution in [0.5, 0.6) is 11.6 Å². The maximum absolute atomic E-state index is 10.4. The molecule has 7 heteroatoms. The van der Waals surface area contributed by atoms with E-state index >= 15 is 0 Å². The van der Waals surface area contributed by atoms with E-state index in [-0.39, 0.29) is 11.9 Å². The number of aryl methyl sites for hydroxylation is 1. The van der Waals surface area contributed by atoms with Crippen LogP contribution in [0.1, 0.15) is 0 Å². The molecule has 1 saturated heterocycles. The Morgan fingerprint density at radius 1 is 1.08 bits per heavy atom. The average Bonchev–Trinajstić information content (AvgIpc) is 2.96. The van der Waals surface area contributed by atoms with Gasteiger partial charge in [0.05, 0.1) is 22.2 Å². The fourth-order valence-electron chi connectivity index (χ4n) is 3.11. The van der Waals surface area contributed by atoms with Gasteiger partial charge in [-0.15, -0.1) is 0 Å². The van der Waals surface area contributed by atoms with Gasteiger partial charge in [0.2, 0.25) is 5.88 Å². The molecule has 1 fully saturated rings. The SMILES string of the molecule is Cn1cc2cc(-c3ccc4nc(OC5CNC5)ccc4n3)c(O)cc2n1. The van der Waals surface area contributed by atoms with E-state index in [9.17, 15) is 5.11 Å². The van der Waals surface area contributed by atoms with Crippen molar-refractivity contribution in [3.05, 3.63) is 42.6 Å². The molecule has 5 rings (SSSR count). The second-order valence-electron chi connectivity index (χ2n) is 6.51. The Balaban J connectivity index is 1.54. The summed E-state index contributed by atoms with van der Waals surface area (Å²) in [6.07, 6.45) is 2.11. The van der Waals surface area contributed by atoms with E-state index in [2.05, 4.69) is 20.4 Å². The van der Waals surface area contributed by atoms with Crippen LogP contribution in [0, 0.1) is 0 Å². The summed E-state index contributed by atoms with van der Waals surface area (Å²) in [7, 11) is 1.86. The number of benzene rings is 1. The number of pyridine rings is 2. The van der Waals surface area contributed by atoms with E-state index in [4.69, 9.17) is 4.74 Å². The zero-order valence-electron chi connectivity index (χ0n) is 14.2. The third-order valence-electron chi connectivity index (χ3n) is 4.56. The maximum Gasteiger partial charge on any atom is 0.214 e. The molecule has 0 saturated carbocycles. The second-order valence-corrected chi connectivity index (χ2v) is 6.51. The van der Waals surface area contributed by atoms with Crippen molar-refractivity contribution in [3.63, 3.8) is 0 Å². The summed E-state index contributed by atoms with van der Waals surface area (Å²) in [6.45, 7) is 1.71. The molecule has 1 aliphatic heterocycles. The smallest absolute Gasteiger partial charge is 0.214 e. The van der Waals surface area contributed by atoms with E-state index in [1.165, 1.54) is 0 Å². The second kappa shape index (κ2) is 5.67. The van der Waals surface area contributed by atoms with Crippen molar-refractivity contribution in [2.45, 2.75) is 6.10 Å². The van der Waals surface area contributed by atoms with Crippen molar-refractivity contribution in [1.82, 2.24) is 25.1 Å². The van der Waals surface area contributed by atoms with Crippen molar-refractivity contribution in [2.75, 3.05) is 13.1 Å². The van der Waals surface area contributed by atoms with Crippen LogP contribution in [-0.2, 0) is 7.05 Å². The zero-order valence-corrected chi connectivity index (χ0v) is 14.2. The summed E-state index contributed by atoms with van der Waals surface area (Å²) in [5, 5.41) is 18.8. The molecule has 0 amide bonds. The fourth-order valence-corrected chi connectivity index (χ4v) is 3.11. The van der Waals surface area contributed by atoms with Crippen molar-refractivity contribution in [1.29, 1.82) is 0 Å². The van der Waals surface area contributed by atoms with Gasteiger partial charge in [-0.2, -0.15) is 5.10 Å².